The summed E-state index contributed by atoms with van der Waals surface area (Å²) in [5.74, 6) is 0. The SMILES string of the molecule is [2H]C([2H])([2H])c1cc(C)cc2ccc3c(-c4cc(C)cc(C)c4)ncnc3c12. The van der Waals surface area contributed by atoms with Crippen molar-refractivity contribution in [3.63, 3.8) is 0 Å². The molecule has 0 aliphatic carbocycles. The first kappa shape index (κ1) is 11.7. The van der Waals surface area contributed by atoms with E-state index in [0.29, 0.717) is 16.5 Å². The fourth-order valence-corrected chi connectivity index (χ4v) is 3.48. The third kappa shape index (κ3) is 2.35. The van der Waals surface area contributed by atoms with Crippen LogP contribution in [-0.2, 0) is 0 Å². The number of nitrogens with zero attached hydrogens (tertiary/aromatic N) is 2. The van der Waals surface area contributed by atoms with Crippen molar-refractivity contribution in [3.8, 4) is 11.3 Å². The fraction of sp³-hybridized carbons (Fsp3) is 0.182. The molecule has 0 unspecified atom stereocenters. The van der Waals surface area contributed by atoms with Gasteiger partial charge in [-0.3, -0.25) is 0 Å². The lowest BCUT2D eigenvalue weighted by Gasteiger charge is -2.11. The zero-order chi connectivity index (χ0) is 19.3. The van der Waals surface area contributed by atoms with Crippen molar-refractivity contribution in [2.75, 3.05) is 0 Å². The van der Waals surface area contributed by atoms with Gasteiger partial charge in [0, 0.05) is 20.4 Å². The number of fused-ring (bicyclic) bond motifs is 3. The molecule has 0 radical (unpaired) electrons. The van der Waals surface area contributed by atoms with Crippen molar-refractivity contribution in [2.45, 2.75) is 27.6 Å². The van der Waals surface area contributed by atoms with Crippen LogP contribution >= 0.6 is 0 Å². The Labute approximate surface area is 146 Å². The van der Waals surface area contributed by atoms with Crippen LogP contribution in [0.15, 0.2) is 48.8 Å². The highest BCUT2D eigenvalue weighted by Crippen LogP contribution is 2.33. The zero-order valence-electron chi connectivity index (χ0n) is 17.0. The molecule has 0 N–H and O–H groups in total. The second-order valence-corrected chi connectivity index (χ2v) is 6.47. The maximum atomic E-state index is 7.99. The third-order valence-corrected chi connectivity index (χ3v) is 4.36. The maximum Gasteiger partial charge on any atom is 0.116 e. The minimum atomic E-state index is -2.20. The van der Waals surface area contributed by atoms with Gasteiger partial charge in [0.25, 0.3) is 0 Å². The van der Waals surface area contributed by atoms with E-state index in [-0.39, 0.29) is 0 Å². The van der Waals surface area contributed by atoms with Gasteiger partial charge in [0.2, 0.25) is 0 Å². The van der Waals surface area contributed by atoms with Crippen LogP contribution in [0.1, 0.15) is 26.4 Å². The van der Waals surface area contributed by atoms with E-state index in [1.807, 2.05) is 25.1 Å². The highest BCUT2D eigenvalue weighted by Gasteiger charge is 2.11. The van der Waals surface area contributed by atoms with Gasteiger partial charge < -0.3 is 0 Å². The Balaban J connectivity index is 2.13. The van der Waals surface area contributed by atoms with Crippen molar-refractivity contribution in [1.29, 1.82) is 0 Å². The van der Waals surface area contributed by atoms with Crippen molar-refractivity contribution < 1.29 is 4.11 Å². The molecule has 0 atom stereocenters. The predicted octanol–water partition coefficient (Wildman–Crippen LogP) is 5.68. The number of hydrogen-bond acceptors (Lipinski definition) is 2. The fourth-order valence-electron chi connectivity index (χ4n) is 3.48. The molecule has 24 heavy (non-hydrogen) atoms. The molecular formula is C22H20N2. The van der Waals surface area contributed by atoms with E-state index in [0.717, 1.165) is 38.7 Å². The Morgan fingerprint density at radius 2 is 1.58 bits per heavy atom. The largest absolute Gasteiger partial charge is 0.236 e. The van der Waals surface area contributed by atoms with Gasteiger partial charge in [0.05, 0.1) is 11.2 Å². The minimum Gasteiger partial charge on any atom is -0.236 e. The van der Waals surface area contributed by atoms with Gasteiger partial charge >= 0.3 is 0 Å². The van der Waals surface area contributed by atoms with Gasteiger partial charge in [-0.25, -0.2) is 9.97 Å². The second kappa shape index (κ2) is 5.41. The predicted molar refractivity (Wildman–Crippen MR) is 101 cm³/mol. The molecule has 1 aromatic heterocycles. The lowest BCUT2D eigenvalue weighted by atomic mass is 9.96. The zero-order valence-corrected chi connectivity index (χ0v) is 14.0. The molecule has 3 aromatic carbocycles. The van der Waals surface area contributed by atoms with Crippen LogP contribution in [0.2, 0.25) is 0 Å². The van der Waals surface area contributed by atoms with Crippen LogP contribution in [0.4, 0.5) is 0 Å². The van der Waals surface area contributed by atoms with Crippen molar-refractivity contribution in [1.82, 2.24) is 9.97 Å². The quantitative estimate of drug-likeness (QED) is 0.422. The van der Waals surface area contributed by atoms with Crippen LogP contribution in [0.5, 0.6) is 0 Å². The average molecular weight is 315 g/mol. The monoisotopic (exact) mass is 315 g/mol. The van der Waals surface area contributed by atoms with Crippen molar-refractivity contribution in [2.24, 2.45) is 0 Å². The topological polar surface area (TPSA) is 25.8 Å². The summed E-state index contributed by atoms with van der Waals surface area (Å²) in [6, 6.07) is 14.0. The lowest BCUT2D eigenvalue weighted by Crippen LogP contribution is -1.93. The van der Waals surface area contributed by atoms with Crippen LogP contribution in [0.25, 0.3) is 32.9 Å². The Morgan fingerprint density at radius 3 is 2.33 bits per heavy atom. The van der Waals surface area contributed by atoms with E-state index in [1.54, 1.807) is 6.07 Å². The molecule has 4 aromatic rings. The molecule has 1 heterocycles. The van der Waals surface area contributed by atoms with Crippen LogP contribution in [-0.4, -0.2) is 9.97 Å². The number of hydrogen-bond donors (Lipinski definition) is 0. The van der Waals surface area contributed by atoms with E-state index >= 15 is 0 Å². The van der Waals surface area contributed by atoms with Crippen molar-refractivity contribution >= 4 is 21.7 Å². The van der Waals surface area contributed by atoms with Gasteiger partial charge in [-0.1, -0.05) is 41.0 Å². The molecule has 118 valence electrons. The molecule has 0 saturated heterocycles. The molecule has 0 spiro atoms. The van der Waals surface area contributed by atoms with Crippen molar-refractivity contribution in [3.05, 3.63) is 71.0 Å². The van der Waals surface area contributed by atoms with E-state index in [2.05, 4.69) is 42.0 Å². The molecule has 0 bridgehead atoms. The molecule has 2 nitrogen and oxygen atoms in total. The van der Waals surface area contributed by atoms with Gasteiger partial charge in [0.1, 0.15) is 6.33 Å². The average Bonchev–Trinajstić information content (AvgIpc) is 2.58. The number of rotatable bonds is 1. The molecule has 0 amide bonds. The molecular weight excluding hydrogens is 292 g/mol. The molecule has 0 aliphatic rings. The molecule has 4 rings (SSSR count). The van der Waals surface area contributed by atoms with Crippen LogP contribution < -0.4 is 0 Å². The Hall–Kier alpha value is -2.74. The summed E-state index contributed by atoms with van der Waals surface area (Å²) in [5.41, 5.74) is 6.12. The van der Waals surface area contributed by atoms with E-state index in [4.69, 9.17) is 4.11 Å². The first-order valence-corrected chi connectivity index (χ1v) is 8.01. The molecule has 0 aliphatic heterocycles. The summed E-state index contributed by atoms with van der Waals surface area (Å²) in [6.45, 7) is 3.83. The Morgan fingerprint density at radius 1 is 0.833 bits per heavy atom. The lowest BCUT2D eigenvalue weighted by molar-refractivity contribution is 1.22. The number of aryl methyl sites for hydroxylation is 4. The summed E-state index contributed by atoms with van der Waals surface area (Å²) in [5, 5.41) is 2.44. The summed E-state index contributed by atoms with van der Waals surface area (Å²) < 4.78 is 24.0. The van der Waals surface area contributed by atoms with Gasteiger partial charge in [-0.15, -0.1) is 0 Å². The highest BCUT2D eigenvalue weighted by molar-refractivity contribution is 6.10. The standard InChI is InChI=1S/C22H20N2/c1-13-7-14(2)11-18(10-13)21-19-6-5-17-9-15(3)8-16(4)20(17)22(19)24-12-23-21/h5-12H,1-4H3/i4D3. The Kier molecular flexibility index (Phi) is 2.65. The third-order valence-electron chi connectivity index (χ3n) is 4.36. The summed E-state index contributed by atoms with van der Waals surface area (Å²) in [7, 11) is 0. The summed E-state index contributed by atoms with van der Waals surface area (Å²) >= 11 is 0. The maximum absolute atomic E-state index is 7.99. The van der Waals surface area contributed by atoms with Gasteiger partial charge in [-0.05, 0) is 56.8 Å². The van der Waals surface area contributed by atoms with Gasteiger partial charge in [0.15, 0.2) is 0 Å². The first-order chi connectivity index (χ1) is 12.7. The van der Waals surface area contributed by atoms with E-state index in [1.165, 1.54) is 6.33 Å². The summed E-state index contributed by atoms with van der Waals surface area (Å²) in [6.07, 6.45) is 1.53. The molecule has 0 fully saturated rings. The normalized spacial score (nSPS) is 13.7. The molecule has 0 saturated carbocycles. The van der Waals surface area contributed by atoms with Crippen LogP contribution in [0.3, 0.4) is 0 Å². The minimum absolute atomic E-state index is 0.341. The van der Waals surface area contributed by atoms with E-state index in [9.17, 15) is 0 Å². The van der Waals surface area contributed by atoms with Gasteiger partial charge in [-0.2, -0.15) is 0 Å². The Bertz CT molecular complexity index is 1170. The second-order valence-electron chi connectivity index (χ2n) is 6.47. The smallest absolute Gasteiger partial charge is 0.116 e. The molecule has 2 heteroatoms. The van der Waals surface area contributed by atoms with E-state index < -0.39 is 6.85 Å². The number of benzene rings is 3. The van der Waals surface area contributed by atoms with Crippen LogP contribution in [0, 0.1) is 27.6 Å². The highest BCUT2D eigenvalue weighted by atomic mass is 14.8. The summed E-state index contributed by atoms with van der Waals surface area (Å²) in [4.78, 5) is 9.01. The first-order valence-electron chi connectivity index (χ1n) is 9.51. The number of aromatic nitrogens is 2.